The van der Waals surface area contributed by atoms with E-state index in [0.717, 1.165) is 17.8 Å². The molecule has 1 unspecified atom stereocenters. The first-order valence-corrected chi connectivity index (χ1v) is 8.98. The number of nitrogens with one attached hydrogen (secondary N) is 1. The van der Waals surface area contributed by atoms with Gasteiger partial charge in [-0.05, 0) is 25.0 Å². The molecule has 7 heteroatoms. The Bertz CT molecular complexity index is 568. The molecule has 0 amide bonds. The van der Waals surface area contributed by atoms with Crippen LogP contribution < -0.4 is 4.72 Å². The van der Waals surface area contributed by atoms with Crippen molar-refractivity contribution >= 4 is 33.0 Å². The van der Waals surface area contributed by atoms with E-state index in [-0.39, 0.29) is 10.1 Å². The highest BCUT2D eigenvalue weighted by Gasteiger charge is 2.30. The van der Waals surface area contributed by atoms with Crippen molar-refractivity contribution in [3.63, 3.8) is 0 Å². The molecule has 0 saturated heterocycles. The second kappa shape index (κ2) is 7.04. The summed E-state index contributed by atoms with van der Waals surface area (Å²) < 4.78 is 27.7. The van der Waals surface area contributed by atoms with Crippen molar-refractivity contribution in [3.05, 3.63) is 28.6 Å². The second-order valence-corrected chi connectivity index (χ2v) is 8.54. The Hall–Kier alpha value is -0.400. The summed E-state index contributed by atoms with van der Waals surface area (Å²) in [6.07, 6.45) is -0.182. The summed E-state index contributed by atoms with van der Waals surface area (Å²) in [5, 5.41) is 10.2. The van der Waals surface area contributed by atoms with Crippen molar-refractivity contribution < 1.29 is 13.5 Å². The predicted octanol–water partition coefficient (Wildman–Crippen LogP) is 3.03. The minimum atomic E-state index is -3.69. The predicted molar refractivity (Wildman–Crippen MR) is 83.7 cm³/mol. The molecular weight excluding hydrogens is 318 g/mol. The molecule has 1 aromatic rings. The van der Waals surface area contributed by atoms with Gasteiger partial charge in [0, 0.05) is 0 Å². The number of hydrogen-bond acceptors (Lipinski definition) is 4. The minimum Gasteiger partial charge on any atom is -0.387 e. The van der Waals surface area contributed by atoms with Gasteiger partial charge in [0.15, 0.2) is 0 Å². The van der Waals surface area contributed by atoms with E-state index in [1.54, 1.807) is 6.92 Å². The van der Waals surface area contributed by atoms with Gasteiger partial charge >= 0.3 is 0 Å². The van der Waals surface area contributed by atoms with Gasteiger partial charge in [-0.15, -0.1) is 11.3 Å². The number of halogens is 1. The van der Waals surface area contributed by atoms with Crippen LogP contribution in [-0.4, -0.2) is 25.7 Å². The molecule has 0 fully saturated rings. The van der Waals surface area contributed by atoms with Crippen molar-refractivity contribution in [2.45, 2.75) is 43.5 Å². The summed E-state index contributed by atoms with van der Waals surface area (Å²) in [4.78, 5) is 0. The number of aliphatic hydroxyl groups is 1. The van der Waals surface area contributed by atoms with Crippen molar-refractivity contribution in [2.24, 2.45) is 5.92 Å². The minimum absolute atomic E-state index is 0.0214. The van der Waals surface area contributed by atoms with Gasteiger partial charge in [-0.1, -0.05) is 44.0 Å². The quantitative estimate of drug-likeness (QED) is 0.751. The van der Waals surface area contributed by atoms with Crippen LogP contribution in [0.5, 0.6) is 0 Å². The molecule has 0 aliphatic carbocycles. The maximum absolute atomic E-state index is 12.3. The van der Waals surface area contributed by atoms with Crippen LogP contribution in [0, 0.1) is 5.92 Å². The zero-order valence-electron chi connectivity index (χ0n) is 11.8. The summed E-state index contributed by atoms with van der Waals surface area (Å²) >= 11 is 6.76. The van der Waals surface area contributed by atoms with Crippen LogP contribution in [0.15, 0.2) is 28.5 Å². The van der Waals surface area contributed by atoms with Crippen LogP contribution in [-0.2, 0) is 10.0 Å². The van der Waals surface area contributed by atoms with Gasteiger partial charge in [0.1, 0.15) is 4.21 Å². The fourth-order valence-corrected chi connectivity index (χ4v) is 4.58. The molecule has 3 atom stereocenters. The Kier molecular flexibility index (Phi) is 6.22. The van der Waals surface area contributed by atoms with Gasteiger partial charge in [0.2, 0.25) is 10.0 Å². The molecule has 0 radical (unpaired) electrons. The van der Waals surface area contributed by atoms with Crippen LogP contribution in [0.3, 0.4) is 0 Å². The first-order chi connectivity index (χ1) is 9.19. The van der Waals surface area contributed by atoms with Crippen LogP contribution >= 0.6 is 22.9 Å². The summed E-state index contributed by atoms with van der Waals surface area (Å²) in [6.45, 7) is 9.21. The Labute approximate surface area is 129 Å². The molecule has 20 heavy (non-hydrogen) atoms. The third-order valence-corrected chi connectivity index (χ3v) is 6.39. The topological polar surface area (TPSA) is 66.4 Å². The standard InChI is InChI=1S/C13H20ClNO3S2/c1-5-9(4)12(13(16)8(2)3)15-20(17,18)11-7-6-10(14)19-11/h6-7,9,12-13,15-16H,2,5H2,1,3-4H3/t9-,12-,13?/m0/s1. The lowest BCUT2D eigenvalue weighted by molar-refractivity contribution is 0.143. The lowest BCUT2D eigenvalue weighted by Gasteiger charge is -2.28. The van der Waals surface area contributed by atoms with E-state index in [1.165, 1.54) is 12.1 Å². The maximum Gasteiger partial charge on any atom is 0.250 e. The van der Waals surface area contributed by atoms with Gasteiger partial charge in [-0.25, -0.2) is 13.1 Å². The zero-order chi connectivity index (χ0) is 15.5. The van der Waals surface area contributed by atoms with Crippen LogP contribution in [0.2, 0.25) is 4.34 Å². The highest BCUT2D eigenvalue weighted by atomic mass is 35.5. The van der Waals surface area contributed by atoms with E-state index in [4.69, 9.17) is 11.6 Å². The van der Waals surface area contributed by atoms with Crippen LogP contribution in [0.1, 0.15) is 27.2 Å². The smallest absolute Gasteiger partial charge is 0.250 e. The Morgan fingerprint density at radius 1 is 1.55 bits per heavy atom. The second-order valence-electron chi connectivity index (χ2n) is 4.88. The normalized spacial score (nSPS) is 16.6. The number of sulfonamides is 1. The van der Waals surface area contributed by atoms with E-state index in [2.05, 4.69) is 11.3 Å². The molecule has 0 aliphatic heterocycles. The fourth-order valence-electron chi connectivity index (χ4n) is 1.73. The number of aliphatic hydroxyl groups excluding tert-OH is 1. The molecule has 0 aliphatic rings. The van der Waals surface area contributed by atoms with Gasteiger partial charge in [-0.3, -0.25) is 0 Å². The Balaban J connectivity index is 3.03. The largest absolute Gasteiger partial charge is 0.387 e. The van der Waals surface area contributed by atoms with Gasteiger partial charge in [0.05, 0.1) is 16.5 Å². The lowest BCUT2D eigenvalue weighted by Crippen LogP contribution is -2.47. The van der Waals surface area contributed by atoms with Gasteiger partial charge in [0.25, 0.3) is 0 Å². The lowest BCUT2D eigenvalue weighted by atomic mass is 9.92. The van der Waals surface area contributed by atoms with E-state index < -0.39 is 22.2 Å². The number of hydrogen-bond donors (Lipinski definition) is 2. The maximum atomic E-state index is 12.3. The highest BCUT2D eigenvalue weighted by molar-refractivity contribution is 7.91. The zero-order valence-corrected chi connectivity index (χ0v) is 14.1. The molecule has 0 bridgehead atoms. The molecule has 0 aromatic carbocycles. The fraction of sp³-hybridized carbons (Fsp3) is 0.538. The summed E-state index contributed by atoms with van der Waals surface area (Å²) in [6, 6.07) is 2.38. The average molecular weight is 338 g/mol. The van der Waals surface area contributed by atoms with Crippen molar-refractivity contribution in [1.29, 1.82) is 0 Å². The van der Waals surface area contributed by atoms with Crippen molar-refractivity contribution in [2.75, 3.05) is 0 Å². The van der Waals surface area contributed by atoms with Crippen molar-refractivity contribution in [1.82, 2.24) is 4.72 Å². The first-order valence-electron chi connectivity index (χ1n) is 6.30. The number of rotatable bonds is 7. The molecule has 0 spiro atoms. The van der Waals surface area contributed by atoms with E-state index in [1.807, 2.05) is 13.8 Å². The van der Waals surface area contributed by atoms with E-state index in [0.29, 0.717) is 9.91 Å². The molecule has 1 rings (SSSR count). The van der Waals surface area contributed by atoms with E-state index >= 15 is 0 Å². The molecule has 1 aromatic heterocycles. The molecule has 2 N–H and O–H groups in total. The average Bonchev–Trinajstić information content (AvgIpc) is 2.81. The Morgan fingerprint density at radius 3 is 2.55 bits per heavy atom. The third kappa shape index (κ3) is 4.30. The van der Waals surface area contributed by atoms with Crippen LogP contribution in [0.4, 0.5) is 0 Å². The van der Waals surface area contributed by atoms with Crippen molar-refractivity contribution in [3.8, 4) is 0 Å². The summed E-state index contributed by atoms with van der Waals surface area (Å²) in [7, 11) is -3.69. The SMILES string of the molecule is C=C(C)C(O)[C@@H](NS(=O)(=O)c1ccc(Cl)s1)[C@@H](C)CC. The van der Waals surface area contributed by atoms with Crippen LogP contribution in [0.25, 0.3) is 0 Å². The highest BCUT2D eigenvalue weighted by Crippen LogP contribution is 2.27. The molecule has 114 valence electrons. The Morgan fingerprint density at radius 2 is 2.15 bits per heavy atom. The monoisotopic (exact) mass is 337 g/mol. The third-order valence-electron chi connectivity index (χ3n) is 3.21. The van der Waals surface area contributed by atoms with Gasteiger partial charge < -0.3 is 5.11 Å². The molecule has 0 saturated carbocycles. The summed E-state index contributed by atoms with van der Waals surface area (Å²) in [5.74, 6) is -0.0214. The molecular formula is C13H20ClNO3S2. The molecule has 1 heterocycles. The van der Waals surface area contributed by atoms with E-state index in [9.17, 15) is 13.5 Å². The summed E-state index contributed by atoms with van der Waals surface area (Å²) in [5.41, 5.74) is 0.530. The first kappa shape index (κ1) is 17.7. The number of thiophene rings is 1. The molecule has 4 nitrogen and oxygen atoms in total. The van der Waals surface area contributed by atoms with Gasteiger partial charge in [-0.2, -0.15) is 0 Å².